The van der Waals surface area contributed by atoms with Crippen molar-refractivity contribution in [3.8, 4) is 0 Å². The summed E-state index contributed by atoms with van der Waals surface area (Å²) in [5.74, 6) is -0.848. The summed E-state index contributed by atoms with van der Waals surface area (Å²) >= 11 is 1.06. The van der Waals surface area contributed by atoms with Gasteiger partial charge in [-0.25, -0.2) is 9.78 Å². The van der Waals surface area contributed by atoms with Gasteiger partial charge in [0.2, 0.25) is 5.91 Å². The highest BCUT2D eigenvalue weighted by atomic mass is 32.1. The first kappa shape index (κ1) is 21.7. The van der Waals surface area contributed by atoms with E-state index in [1.54, 1.807) is 26.8 Å². The van der Waals surface area contributed by atoms with Crippen molar-refractivity contribution in [2.24, 2.45) is 0 Å². The molecule has 0 spiro atoms. The second kappa shape index (κ2) is 8.39. The van der Waals surface area contributed by atoms with E-state index in [4.69, 9.17) is 4.74 Å². The van der Waals surface area contributed by atoms with Gasteiger partial charge in [0.05, 0.1) is 17.8 Å². The molecule has 0 radical (unpaired) electrons. The van der Waals surface area contributed by atoms with E-state index in [0.29, 0.717) is 15.7 Å². The fraction of sp³-hybridized carbons (Fsp3) is 0.364. The lowest BCUT2D eigenvalue weighted by molar-refractivity contribution is -0.118. The standard InChI is InChI=1S/C22H25N3O4S/c1-7-29-21(28)19-14(5)23-22(30-19)24-20(27)15(6)25-17(26)10-12(3)16-9-11(2)8-13(4)18(16)25/h8-10,15H,7H2,1-6H3,(H,23,24,27). The Morgan fingerprint density at radius 1 is 1.17 bits per heavy atom. The van der Waals surface area contributed by atoms with Crippen molar-refractivity contribution >= 4 is 39.2 Å². The molecule has 1 amide bonds. The average Bonchev–Trinajstić information content (AvgIpc) is 3.02. The number of esters is 1. The minimum absolute atomic E-state index is 0.239. The summed E-state index contributed by atoms with van der Waals surface area (Å²) in [6.45, 7) is 11.2. The molecule has 0 aliphatic heterocycles. The number of carbonyl (C=O) groups excluding carboxylic acids is 2. The number of carbonyl (C=O) groups is 2. The summed E-state index contributed by atoms with van der Waals surface area (Å²) in [4.78, 5) is 42.4. The van der Waals surface area contributed by atoms with Gasteiger partial charge in [0.15, 0.2) is 5.13 Å². The molecule has 1 unspecified atom stereocenters. The Morgan fingerprint density at radius 2 is 1.87 bits per heavy atom. The van der Waals surface area contributed by atoms with Gasteiger partial charge in [-0.1, -0.05) is 23.0 Å². The maximum Gasteiger partial charge on any atom is 0.350 e. The van der Waals surface area contributed by atoms with E-state index in [0.717, 1.165) is 38.9 Å². The number of nitrogens with zero attached hydrogens (tertiary/aromatic N) is 2. The zero-order chi connectivity index (χ0) is 22.2. The van der Waals surface area contributed by atoms with Gasteiger partial charge in [-0.05, 0) is 58.7 Å². The van der Waals surface area contributed by atoms with E-state index in [1.165, 1.54) is 4.57 Å². The van der Waals surface area contributed by atoms with Crippen LogP contribution in [0.5, 0.6) is 0 Å². The predicted octanol–water partition coefficient (Wildman–Crippen LogP) is 4.07. The van der Waals surface area contributed by atoms with Crippen molar-refractivity contribution in [3.05, 3.63) is 55.8 Å². The van der Waals surface area contributed by atoms with Gasteiger partial charge in [-0.15, -0.1) is 0 Å². The second-order valence-electron chi connectivity index (χ2n) is 7.33. The summed E-state index contributed by atoms with van der Waals surface area (Å²) in [6.07, 6.45) is 0. The van der Waals surface area contributed by atoms with Crippen LogP contribution in [0.2, 0.25) is 0 Å². The lowest BCUT2D eigenvalue weighted by Crippen LogP contribution is -2.32. The Labute approximate surface area is 178 Å². The van der Waals surface area contributed by atoms with E-state index in [-0.39, 0.29) is 18.1 Å². The molecule has 2 heterocycles. The number of hydrogen-bond donors (Lipinski definition) is 1. The summed E-state index contributed by atoms with van der Waals surface area (Å²) in [5.41, 5.74) is 3.90. The number of aromatic nitrogens is 2. The molecule has 0 saturated heterocycles. The molecular formula is C22H25N3O4S. The number of fused-ring (bicyclic) bond motifs is 1. The van der Waals surface area contributed by atoms with Crippen molar-refractivity contribution in [1.29, 1.82) is 0 Å². The quantitative estimate of drug-likeness (QED) is 0.620. The molecule has 7 nitrogen and oxygen atoms in total. The normalized spacial score (nSPS) is 12.1. The number of rotatable bonds is 5. The lowest BCUT2D eigenvalue weighted by atomic mass is 10.0. The Morgan fingerprint density at radius 3 is 2.53 bits per heavy atom. The summed E-state index contributed by atoms with van der Waals surface area (Å²) in [6, 6.07) is 4.81. The zero-order valence-electron chi connectivity index (χ0n) is 18.0. The van der Waals surface area contributed by atoms with Crippen LogP contribution in [0.1, 0.15) is 51.9 Å². The number of ether oxygens (including phenoxy) is 1. The van der Waals surface area contributed by atoms with E-state index >= 15 is 0 Å². The Bertz CT molecular complexity index is 1210. The average molecular weight is 428 g/mol. The molecule has 0 fully saturated rings. The highest BCUT2D eigenvalue weighted by Gasteiger charge is 2.23. The number of nitrogens with one attached hydrogen (secondary N) is 1. The lowest BCUT2D eigenvalue weighted by Gasteiger charge is -2.20. The third-order valence-corrected chi connectivity index (χ3v) is 6.00. The fourth-order valence-electron chi connectivity index (χ4n) is 3.57. The van der Waals surface area contributed by atoms with Gasteiger partial charge in [-0.2, -0.15) is 0 Å². The van der Waals surface area contributed by atoms with Crippen molar-refractivity contribution < 1.29 is 14.3 Å². The number of hydrogen-bond acceptors (Lipinski definition) is 6. The first-order valence-electron chi connectivity index (χ1n) is 9.72. The van der Waals surface area contributed by atoms with Crippen LogP contribution >= 0.6 is 11.3 Å². The smallest absolute Gasteiger partial charge is 0.350 e. The van der Waals surface area contributed by atoms with Gasteiger partial charge in [0.25, 0.3) is 5.56 Å². The molecule has 0 bridgehead atoms. The van der Waals surface area contributed by atoms with E-state index in [2.05, 4.69) is 10.3 Å². The Balaban J connectivity index is 1.98. The molecule has 158 valence electrons. The van der Waals surface area contributed by atoms with Crippen LogP contribution < -0.4 is 10.9 Å². The number of anilines is 1. The highest BCUT2D eigenvalue weighted by molar-refractivity contribution is 7.17. The van der Waals surface area contributed by atoms with E-state index in [1.807, 2.05) is 32.9 Å². The fourth-order valence-corrected chi connectivity index (χ4v) is 4.43. The summed E-state index contributed by atoms with van der Waals surface area (Å²) in [7, 11) is 0. The molecule has 3 aromatic rings. The molecule has 2 aromatic heterocycles. The highest BCUT2D eigenvalue weighted by Crippen LogP contribution is 2.27. The summed E-state index contributed by atoms with van der Waals surface area (Å²) in [5, 5.41) is 3.98. The molecule has 0 aliphatic carbocycles. The monoisotopic (exact) mass is 427 g/mol. The molecule has 1 N–H and O–H groups in total. The number of pyridine rings is 1. The topological polar surface area (TPSA) is 90.3 Å². The van der Waals surface area contributed by atoms with Gasteiger partial charge < -0.3 is 10.1 Å². The van der Waals surface area contributed by atoms with E-state index in [9.17, 15) is 14.4 Å². The second-order valence-corrected chi connectivity index (χ2v) is 8.33. The molecule has 30 heavy (non-hydrogen) atoms. The van der Waals surface area contributed by atoms with Crippen molar-refractivity contribution in [3.63, 3.8) is 0 Å². The molecule has 3 rings (SSSR count). The van der Waals surface area contributed by atoms with Crippen molar-refractivity contribution in [2.45, 2.75) is 47.6 Å². The maximum absolute atomic E-state index is 13.0. The minimum atomic E-state index is -0.766. The largest absolute Gasteiger partial charge is 0.462 e. The van der Waals surface area contributed by atoms with Gasteiger partial charge in [0.1, 0.15) is 10.9 Å². The van der Waals surface area contributed by atoms with Crippen LogP contribution in [0, 0.1) is 27.7 Å². The van der Waals surface area contributed by atoms with Crippen LogP contribution in [0.3, 0.4) is 0 Å². The first-order chi connectivity index (χ1) is 14.1. The van der Waals surface area contributed by atoms with Crippen molar-refractivity contribution in [2.75, 3.05) is 11.9 Å². The number of benzene rings is 1. The maximum atomic E-state index is 13.0. The van der Waals surface area contributed by atoms with Gasteiger partial charge in [-0.3, -0.25) is 14.2 Å². The zero-order valence-corrected chi connectivity index (χ0v) is 18.8. The molecule has 1 atom stereocenters. The predicted molar refractivity (Wildman–Crippen MR) is 119 cm³/mol. The third kappa shape index (κ3) is 4.00. The molecule has 1 aromatic carbocycles. The number of thiazole rings is 1. The van der Waals surface area contributed by atoms with Crippen LogP contribution in [0.25, 0.3) is 10.9 Å². The molecule has 0 aliphatic rings. The minimum Gasteiger partial charge on any atom is -0.462 e. The number of aryl methyl sites for hydroxylation is 4. The first-order valence-corrected chi connectivity index (χ1v) is 10.5. The molecular weight excluding hydrogens is 402 g/mol. The van der Waals surface area contributed by atoms with Crippen LogP contribution in [0.4, 0.5) is 5.13 Å². The SMILES string of the molecule is CCOC(=O)c1sc(NC(=O)C(C)n2c(=O)cc(C)c3cc(C)cc(C)c32)nc1C. The summed E-state index contributed by atoms with van der Waals surface area (Å²) < 4.78 is 6.53. The van der Waals surface area contributed by atoms with Gasteiger partial charge >= 0.3 is 5.97 Å². The van der Waals surface area contributed by atoms with Crippen LogP contribution in [-0.2, 0) is 9.53 Å². The van der Waals surface area contributed by atoms with Crippen molar-refractivity contribution in [1.82, 2.24) is 9.55 Å². The van der Waals surface area contributed by atoms with E-state index < -0.39 is 12.0 Å². The third-order valence-electron chi connectivity index (χ3n) is 4.94. The Hall–Kier alpha value is -3.00. The molecule has 0 saturated carbocycles. The molecule has 8 heteroatoms. The van der Waals surface area contributed by atoms with Crippen LogP contribution in [0.15, 0.2) is 23.0 Å². The van der Waals surface area contributed by atoms with Gasteiger partial charge in [0, 0.05) is 11.5 Å². The van der Waals surface area contributed by atoms with Crippen LogP contribution in [-0.4, -0.2) is 28.0 Å². The Kier molecular flexibility index (Phi) is 6.07. The number of amides is 1.